The monoisotopic (exact) mass is 471 g/mol. The molecule has 1 saturated heterocycles. The van der Waals surface area contributed by atoms with E-state index < -0.39 is 0 Å². The van der Waals surface area contributed by atoms with Gasteiger partial charge in [0.1, 0.15) is 6.07 Å². The fraction of sp³-hybridized carbons (Fsp3) is 0.333. The van der Waals surface area contributed by atoms with Crippen molar-refractivity contribution in [1.29, 1.82) is 5.26 Å². The molecule has 1 fully saturated rings. The van der Waals surface area contributed by atoms with Gasteiger partial charge in [-0.2, -0.15) is 20.1 Å². The van der Waals surface area contributed by atoms with Crippen LogP contribution in [0.1, 0.15) is 48.7 Å². The van der Waals surface area contributed by atoms with Crippen molar-refractivity contribution in [1.82, 2.24) is 29.5 Å². The van der Waals surface area contributed by atoms with Crippen molar-refractivity contribution in [3.05, 3.63) is 54.2 Å². The first-order valence-corrected chi connectivity index (χ1v) is 11.5. The number of ether oxygens (including phenoxy) is 1. The summed E-state index contributed by atoms with van der Waals surface area (Å²) in [6.07, 6.45) is 9.96. The standard InChI is InChI=1S/C24H25N9O2/c1-15(2)30-21-8-22(33-23-17(11-29-33)7-16(9-25)10-27-23)26-13-20(21)24(34)31-18-12-28-32(14-18)19-3-5-35-6-4-19/h7-8,10-15,19H,3-6H2,1-2H3,(H,26,30)(H,31,34). The number of hydrogen-bond donors (Lipinski definition) is 2. The molecule has 178 valence electrons. The number of nitrogens with zero attached hydrogens (tertiary/aromatic N) is 7. The maximum absolute atomic E-state index is 13.2. The summed E-state index contributed by atoms with van der Waals surface area (Å²) >= 11 is 0. The van der Waals surface area contributed by atoms with E-state index in [4.69, 9.17) is 10.00 Å². The maximum atomic E-state index is 13.2. The molecule has 1 aliphatic heterocycles. The maximum Gasteiger partial charge on any atom is 0.259 e. The van der Waals surface area contributed by atoms with Gasteiger partial charge in [-0.1, -0.05) is 0 Å². The lowest BCUT2D eigenvalue weighted by Gasteiger charge is -2.22. The Morgan fingerprint density at radius 1 is 1.14 bits per heavy atom. The van der Waals surface area contributed by atoms with Gasteiger partial charge in [0.15, 0.2) is 11.5 Å². The van der Waals surface area contributed by atoms with Crippen LogP contribution in [0.5, 0.6) is 0 Å². The van der Waals surface area contributed by atoms with Gasteiger partial charge in [0.05, 0.1) is 40.9 Å². The third-order valence-electron chi connectivity index (χ3n) is 5.76. The van der Waals surface area contributed by atoms with Crippen LogP contribution in [-0.2, 0) is 4.74 Å². The summed E-state index contributed by atoms with van der Waals surface area (Å²) in [5.74, 6) is 0.213. The summed E-state index contributed by atoms with van der Waals surface area (Å²) in [5, 5.41) is 24.9. The van der Waals surface area contributed by atoms with Gasteiger partial charge in [-0.05, 0) is 32.8 Å². The zero-order valence-electron chi connectivity index (χ0n) is 19.5. The molecule has 2 N–H and O–H groups in total. The van der Waals surface area contributed by atoms with Crippen molar-refractivity contribution in [3.63, 3.8) is 0 Å². The second-order valence-electron chi connectivity index (χ2n) is 8.70. The van der Waals surface area contributed by atoms with Crippen LogP contribution in [0.25, 0.3) is 16.9 Å². The molecule has 0 radical (unpaired) electrons. The largest absolute Gasteiger partial charge is 0.382 e. The molecule has 5 rings (SSSR count). The minimum atomic E-state index is -0.291. The van der Waals surface area contributed by atoms with Crippen molar-refractivity contribution in [3.8, 4) is 11.9 Å². The summed E-state index contributed by atoms with van der Waals surface area (Å²) in [6.45, 7) is 5.42. The van der Waals surface area contributed by atoms with Gasteiger partial charge in [0.25, 0.3) is 5.91 Å². The minimum absolute atomic E-state index is 0.0822. The van der Waals surface area contributed by atoms with Crippen molar-refractivity contribution in [2.24, 2.45) is 0 Å². The van der Waals surface area contributed by atoms with E-state index in [0.717, 1.165) is 31.4 Å². The minimum Gasteiger partial charge on any atom is -0.382 e. The number of carbonyl (C=O) groups is 1. The second-order valence-corrected chi connectivity index (χ2v) is 8.70. The van der Waals surface area contributed by atoms with E-state index in [1.807, 2.05) is 24.7 Å². The molecule has 4 aromatic heterocycles. The van der Waals surface area contributed by atoms with E-state index >= 15 is 0 Å². The van der Waals surface area contributed by atoms with Gasteiger partial charge in [-0.25, -0.2) is 9.97 Å². The Kier molecular flexibility index (Phi) is 6.12. The number of rotatable bonds is 6. The lowest BCUT2D eigenvalue weighted by Crippen LogP contribution is -2.20. The smallest absolute Gasteiger partial charge is 0.259 e. The van der Waals surface area contributed by atoms with Crippen LogP contribution in [0.15, 0.2) is 43.1 Å². The third kappa shape index (κ3) is 4.69. The van der Waals surface area contributed by atoms with E-state index in [1.165, 1.54) is 12.4 Å². The molecule has 5 heterocycles. The van der Waals surface area contributed by atoms with Crippen LogP contribution in [0.3, 0.4) is 0 Å². The van der Waals surface area contributed by atoms with Crippen molar-refractivity contribution >= 4 is 28.3 Å². The predicted octanol–water partition coefficient (Wildman–Crippen LogP) is 3.31. The van der Waals surface area contributed by atoms with E-state index in [0.29, 0.717) is 34.0 Å². The number of carbonyl (C=O) groups excluding carboxylic acids is 1. The molecule has 0 bridgehead atoms. The van der Waals surface area contributed by atoms with Gasteiger partial charge in [-0.3, -0.25) is 9.48 Å². The number of nitriles is 1. The summed E-state index contributed by atoms with van der Waals surface area (Å²) in [6, 6.07) is 5.93. The molecular weight excluding hydrogens is 446 g/mol. The van der Waals surface area contributed by atoms with E-state index in [-0.39, 0.29) is 18.0 Å². The van der Waals surface area contributed by atoms with Crippen molar-refractivity contribution < 1.29 is 9.53 Å². The molecule has 0 spiro atoms. The molecule has 0 aliphatic carbocycles. The van der Waals surface area contributed by atoms with Crippen LogP contribution in [0, 0.1) is 11.3 Å². The SMILES string of the molecule is CC(C)Nc1cc(-n2ncc3cc(C#N)cnc32)ncc1C(=O)Nc1cnn(C2CCOCC2)c1. The van der Waals surface area contributed by atoms with Crippen LogP contribution < -0.4 is 10.6 Å². The van der Waals surface area contributed by atoms with Crippen LogP contribution in [0.2, 0.25) is 0 Å². The number of nitrogens with one attached hydrogen (secondary N) is 2. The van der Waals surface area contributed by atoms with E-state index in [9.17, 15) is 4.79 Å². The van der Waals surface area contributed by atoms with Gasteiger partial charge in [-0.15, -0.1) is 0 Å². The Bertz CT molecular complexity index is 1410. The second kappa shape index (κ2) is 9.52. The van der Waals surface area contributed by atoms with Crippen molar-refractivity contribution in [2.45, 2.75) is 38.8 Å². The molecule has 1 amide bonds. The van der Waals surface area contributed by atoms with Gasteiger partial charge >= 0.3 is 0 Å². The average molecular weight is 472 g/mol. The Morgan fingerprint density at radius 2 is 1.97 bits per heavy atom. The Balaban J connectivity index is 1.42. The lowest BCUT2D eigenvalue weighted by atomic mass is 10.1. The normalized spacial score (nSPS) is 14.2. The molecule has 0 aromatic carbocycles. The zero-order chi connectivity index (χ0) is 24.4. The van der Waals surface area contributed by atoms with Crippen molar-refractivity contribution in [2.75, 3.05) is 23.8 Å². The summed E-state index contributed by atoms with van der Waals surface area (Å²) in [5.41, 5.74) is 2.68. The fourth-order valence-corrected chi connectivity index (χ4v) is 4.07. The van der Waals surface area contributed by atoms with Gasteiger partial charge < -0.3 is 15.4 Å². The van der Waals surface area contributed by atoms with Crippen LogP contribution in [0.4, 0.5) is 11.4 Å². The first-order chi connectivity index (χ1) is 17.0. The fourth-order valence-electron chi connectivity index (χ4n) is 4.07. The highest BCUT2D eigenvalue weighted by atomic mass is 16.5. The van der Waals surface area contributed by atoms with E-state index in [2.05, 4.69) is 36.9 Å². The lowest BCUT2D eigenvalue weighted by molar-refractivity contribution is 0.0662. The molecule has 1 aliphatic rings. The van der Waals surface area contributed by atoms with Crippen LogP contribution in [-0.4, -0.2) is 54.7 Å². The molecule has 0 unspecified atom stereocenters. The molecule has 0 atom stereocenters. The quantitative estimate of drug-likeness (QED) is 0.437. The third-order valence-corrected chi connectivity index (χ3v) is 5.76. The first-order valence-electron chi connectivity index (χ1n) is 11.5. The number of hydrogen-bond acceptors (Lipinski definition) is 8. The number of fused-ring (bicyclic) bond motifs is 1. The van der Waals surface area contributed by atoms with Gasteiger partial charge in [0, 0.05) is 49.3 Å². The van der Waals surface area contributed by atoms with Gasteiger partial charge in [0.2, 0.25) is 0 Å². The highest BCUT2D eigenvalue weighted by Gasteiger charge is 2.19. The highest BCUT2D eigenvalue weighted by Crippen LogP contribution is 2.24. The topological polar surface area (TPSA) is 136 Å². The average Bonchev–Trinajstić information content (AvgIpc) is 3.51. The van der Waals surface area contributed by atoms with Crippen LogP contribution >= 0.6 is 0 Å². The van der Waals surface area contributed by atoms with E-state index in [1.54, 1.807) is 29.2 Å². The molecule has 35 heavy (non-hydrogen) atoms. The molecule has 11 nitrogen and oxygen atoms in total. The number of pyridine rings is 2. The molecule has 4 aromatic rings. The number of anilines is 2. The predicted molar refractivity (Wildman–Crippen MR) is 129 cm³/mol. The Morgan fingerprint density at radius 3 is 2.74 bits per heavy atom. The highest BCUT2D eigenvalue weighted by molar-refractivity contribution is 6.08. The number of amides is 1. The summed E-state index contributed by atoms with van der Waals surface area (Å²) in [7, 11) is 0. The number of aromatic nitrogens is 6. The Hall–Kier alpha value is -4.30. The Labute approximate surface area is 201 Å². The molecule has 0 saturated carbocycles. The zero-order valence-corrected chi connectivity index (χ0v) is 19.5. The summed E-state index contributed by atoms with van der Waals surface area (Å²) in [4.78, 5) is 22.0. The summed E-state index contributed by atoms with van der Waals surface area (Å²) < 4.78 is 8.89. The molecule has 11 heteroatoms. The molecular formula is C24H25N9O2. The first kappa shape index (κ1) is 22.5.